The topological polar surface area (TPSA) is 56.0 Å². The van der Waals surface area contributed by atoms with Gasteiger partial charge in [0.2, 0.25) is 0 Å². The molecule has 0 saturated heterocycles. The summed E-state index contributed by atoms with van der Waals surface area (Å²) in [5, 5.41) is 4.59. The Labute approximate surface area is 134 Å². The van der Waals surface area contributed by atoms with E-state index in [-0.39, 0.29) is 0 Å². The van der Waals surface area contributed by atoms with Crippen LogP contribution in [0, 0.1) is 0 Å². The second-order valence-corrected chi connectivity index (χ2v) is 5.64. The standard InChI is InChI=1S/C16H10BrN5/c17-13-3-1-11(2-4-13)14-7-10-19-16-20-15(21-22(14)16)12-5-8-18-9-6-12/h1-10H. The molecule has 0 aliphatic rings. The van der Waals surface area contributed by atoms with Crippen LogP contribution in [0.2, 0.25) is 0 Å². The molecule has 0 bridgehead atoms. The number of aromatic nitrogens is 5. The molecule has 0 fully saturated rings. The minimum atomic E-state index is 0.576. The molecule has 3 heterocycles. The monoisotopic (exact) mass is 351 g/mol. The summed E-state index contributed by atoms with van der Waals surface area (Å²) in [4.78, 5) is 12.8. The van der Waals surface area contributed by atoms with Gasteiger partial charge >= 0.3 is 0 Å². The Morgan fingerprint density at radius 2 is 1.59 bits per heavy atom. The first kappa shape index (κ1) is 13.1. The lowest BCUT2D eigenvalue weighted by atomic mass is 10.1. The highest BCUT2D eigenvalue weighted by Crippen LogP contribution is 2.23. The molecule has 0 atom stereocenters. The van der Waals surface area contributed by atoms with Crippen molar-refractivity contribution < 1.29 is 0 Å². The molecule has 0 unspecified atom stereocenters. The van der Waals surface area contributed by atoms with Crippen molar-refractivity contribution in [3.63, 3.8) is 0 Å². The van der Waals surface area contributed by atoms with Crippen molar-refractivity contribution in [2.75, 3.05) is 0 Å². The van der Waals surface area contributed by atoms with E-state index in [1.165, 1.54) is 0 Å². The van der Waals surface area contributed by atoms with Gasteiger partial charge in [0.1, 0.15) is 0 Å². The summed E-state index contributed by atoms with van der Waals surface area (Å²) >= 11 is 3.45. The summed E-state index contributed by atoms with van der Waals surface area (Å²) in [6, 6.07) is 13.8. The predicted molar refractivity (Wildman–Crippen MR) is 87.1 cm³/mol. The van der Waals surface area contributed by atoms with Gasteiger partial charge in [0.15, 0.2) is 5.82 Å². The van der Waals surface area contributed by atoms with Crippen molar-refractivity contribution in [3.05, 3.63) is 65.5 Å². The smallest absolute Gasteiger partial charge is 0.253 e. The van der Waals surface area contributed by atoms with Crippen LogP contribution >= 0.6 is 15.9 Å². The minimum Gasteiger partial charge on any atom is -0.265 e. The van der Waals surface area contributed by atoms with Gasteiger partial charge in [-0.15, -0.1) is 5.10 Å². The Hall–Kier alpha value is -2.60. The lowest BCUT2D eigenvalue weighted by Gasteiger charge is -2.03. The number of halogens is 1. The van der Waals surface area contributed by atoms with Crippen LogP contribution in [0.5, 0.6) is 0 Å². The fraction of sp³-hybridized carbons (Fsp3) is 0. The van der Waals surface area contributed by atoms with E-state index in [1.54, 1.807) is 23.1 Å². The molecule has 106 valence electrons. The molecule has 0 radical (unpaired) electrons. The molecule has 4 aromatic rings. The van der Waals surface area contributed by atoms with Gasteiger partial charge in [0.05, 0.1) is 5.69 Å². The highest BCUT2D eigenvalue weighted by Gasteiger charge is 2.11. The summed E-state index contributed by atoms with van der Waals surface area (Å²) in [5.41, 5.74) is 2.93. The molecule has 6 heteroatoms. The lowest BCUT2D eigenvalue weighted by Crippen LogP contribution is -1.95. The quantitative estimate of drug-likeness (QED) is 0.553. The van der Waals surface area contributed by atoms with Gasteiger partial charge in [-0.2, -0.15) is 9.50 Å². The molecule has 0 spiro atoms. The van der Waals surface area contributed by atoms with Gasteiger partial charge in [-0.3, -0.25) is 4.98 Å². The molecule has 4 rings (SSSR count). The van der Waals surface area contributed by atoms with E-state index >= 15 is 0 Å². The number of hydrogen-bond acceptors (Lipinski definition) is 4. The highest BCUT2D eigenvalue weighted by molar-refractivity contribution is 9.10. The van der Waals surface area contributed by atoms with E-state index in [4.69, 9.17) is 0 Å². The molecule has 0 aliphatic carbocycles. The van der Waals surface area contributed by atoms with Gasteiger partial charge < -0.3 is 0 Å². The van der Waals surface area contributed by atoms with Gasteiger partial charge in [-0.05, 0) is 30.3 Å². The van der Waals surface area contributed by atoms with Crippen molar-refractivity contribution >= 4 is 21.7 Å². The van der Waals surface area contributed by atoms with Crippen LogP contribution < -0.4 is 0 Å². The third-order valence-corrected chi connectivity index (χ3v) is 3.85. The number of rotatable bonds is 2. The second kappa shape index (κ2) is 5.31. The summed E-state index contributed by atoms with van der Waals surface area (Å²) in [7, 11) is 0. The molecule has 0 N–H and O–H groups in total. The van der Waals surface area contributed by atoms with Crippen molar-refractivity contribution in [1.29, 1.82) is 0 Å². The molecular formula is C16H10BrN5. The maximum absolute atomic E-state index is 4.59. The van der Waals surface area contributed by atoms with E-state index in [2.05, 4.69) is 36.0 Å². The zero-order chi connectivity index (χ0) is 14.9. The maximum atomic E-state index is 4.59. The van der Waals surface area contributed by atoms with Crippen molar-refractivity contribution in [2.45, 2.75) is 0 Å². The Morgan fingerprint density at radius 3 is 2.36 bits per heavy atom. The number of pyridine rings is 1. The summed E-state index contributed by atoms with van der Waals surface area (Å²) in [6.45, 7) is 0. The van der Waals surface area contributed by atoms with Gasteiger partial charge in [-0.1, -0.05) is 28.1 Å². The van der Waals surface area contributed by atoms with Crippen LogP contribution in [0.25, 0.3) is 28.4 Å². The summed E-state index contributed by atoms with van der Waals surface area (Å²) < 4.78 is 2.80. The Bertz CT molecular complexity index is 932. The largest absolute Gasteiger partial charge is 0.265 e. The molecule has 0 saturated carbocycles. The second-order valence-electron chi connectivity index (χ2n) is 4.72. The molecule has 22 heavy (non-hydrogen) atoms. The lowest BCUT2D eigenvalue weighted by molar-refractivity contribution is 0.951. The number of fused-ring (bicyclic) bond motifs is 1. The summed E-state index contributed by atoms with van der Waals surface area (Å²) in [6.07, 6.45) is 5.20. The minimum absolute atomic E-state index is 0.576. The Balaban J connectivity index is 1.90. The van der Waals surface area contributed by atoms with E-state index in [0.29, 0.717) is 11.6 Å². The summed E-state index contributed by atoms with van der Waals surface area (Å²) in [5.74, 6) is 1.21. The van der Waals surface area contributed by atoms with Crippen LogP contribution in [-0.4, -0.2) is 24.6 Å². The molecule has 1 aromatic carbocycles. The predicted octanol–water partition coefficient (Wildman–Crippen LogP) is 3.62. The fourth-order valence-corrected chi connectivity index (χ4v) is 2.52. The Kier molecular flexibility index (Phi) is 3.16. The first-order chi connectivity index (χ1) is 10.8. The van der Waals surface area contributed by atoms with Gasteiger partial charge in [0.25, 0.3) is 5.78 Å². The zero-order valence-electron chi connectivity index (χ0n) is 11.4. The SMILES string of the molecule is Brc1ccc(-c2ccnc3nc(-c4ccncc4)nn23)cc1. The normalized spacial score (nSPS) is 11.0. The highest BCUT2D eigenvalue weighted by atomic mass is 79.9. The van der Waals surface area contributed by atoms with Gasteiger partial charge in [0, 0.05) is 34.2 Å². The van der Waals surface area contributed by atoms with Crippen molar-refractivity contribution in [1.82, 2.24) is 24.6 Å². The molecule has 0 aliphatic heterocycles. The fourth-order valence-electron chi connectivity index (χ4n) is 2.26. The van der Waals surface area contributed by atoms with Crippen LogP contribution in [-0.2, 0) is 0 Å². The maximum Gasteiger partial charge on any atom is 0.253 e. The van der Waals surface area contributed by atoms with Crippen LogP contribution in [0.15, 0.2) is 65.5 Å². The van der Waals surface area contributed by atoms with E-state index in [9.17, 15) is 0 Å². The van der Waals surface area contributed by atoms with Crippen LogP contribution in [0.4, 0.5) is 0 Å². The Morgan fingerprint density at radius 1 is 0.818 bits per heavy atom. The number of nitrogens with zero attached hydrogens (tertiary/aromatic N) is 5. The van der Waals surface area contributed by atoms with Crippen molar-refractivity contribution in [3.8, 4) is 22.6 Å². The third kappa shape index (κ3) is 2.27. The van der Waals surface area contributed by atoms with Crippen LogP contribution in [0.3, 0.4) is 0 Å². The number of hydrogen-bond donors (Lipinski definition) is 0. The first-order valence-corrected chi connectivity index (χ1v) is 7.49. The average Bonchev–Trinajstić information content (AvgIpc) is 3.01. The van der Waals surface area contributed by atoms with E-state index < -0.39 is 0 Å². The third-order valence-electron chi connectivity index (χ3n) is 3.32. The van der Waals surface area contributed by atoms with E-state index in [1.807, 2.05) is 42.5 Å². The first-order valence-electron chi connectivity index (χ1n) is 6.69. The molecule has 0 amide bonds. The van der Waals surface area contributed by atoms with Crippen molar-refractivity contribution in [2.24, 2.45) is 0 Å². The van der Waals surface area contributed by atoms with Crippen LogP contribution in [0.1, 0.15) is 0 Å². The zero-order valence-corrected chi connectivity index (χ0v) is 13.0. The van der Waals surface area contributed by atoms with Gasteiger partial charge in [-0.25, -0.2) is 4.98 Å². The average molecular weight is 352 g/mol. The van der Waals surface area contributed by atoms with E-state index in [0.717, 1.165) is 21.3 Å². The molecule has 3 aromatic heterocycles. The molecular weight excluding hydrogens is 342 g/mol. The molecule has 5 nitrogen and oxygen atoms in total. The number of benzene rings is 1.